The van der Waals surface area contributed by atoms with Crippen molar-refractivity contribution in [3.8, 4) is 5.75 Å². The van der Waals surface area contributed by atoms with Gasteiger partial charge in [-0.2, -0.15) is 0 Å². The number of rotatable bonds is 6. The molecule has 0 bridgehead atoms. The highest BCUT2D eigenvalue weighted by atomic mass is 16.5. The molecular weight excluding hydrogens is 234 g/mol. The molecule has 2 atom stereocenters. The number of methoxy groups -OCH3 is 1. The third kappa shape index (κ3) is 3.63. The highest BCUT2D eigenvalue weighted by Crippen LogP contribution is 2.25. The smallest absolute Gasteiger partial charge is 0.119 e. The highest BCUT2D eigenvalue weighted by molar-refractivity contribution is 5.36. The summed E-state index contributed by atoms with van der Waals surface area (Å²) in [6.45, 7) is 1.99. The maximum atomic E-state index is 10.0. The zero-order chi connectivity index (χ0) is 13.5. The van der Waals surface area contributed by atoms with E-state index in [9.17, 15) is 10.2 Å². The molecule has 1 rings (SSSR count). The molecule has 0 aliphatic heterocycles. The molecule has 6 heteroatoms. The van der Waals surface area contributed by atoms with Crippen molar-refractivity contribution in [1.29, 1.82) is 0 Å². The van der Waals surface area contributed by atoms with Gasteiger partial charge in [-0.15, -0.1) is 0 Å². The van der Waals surface area contributed by atoms with Gasteiger partial charge in [-0.1, -0.05) is 11.2 Å². The number of hydrogen-bond donors (Lipinski definition) is 2. The molecule has 0 amide bonds. The van der Waals surface area contributed by atoms with Crippen molar-refractivity contribution in [3.63, 3.8) is 0 Å². The lowest BCUT2D eigenvalue weighted by atomic mass is 9.97. The van der Waals surface area contributed by atoms with Crippen molar-refractivity contribution in [1.82, 2.24) is 0 Å². The van der Waals surface area contributed by atoms with Gasteiger partial charge in [0.05, 0.1) is 13.2 Å². The third-order valence-electron chi connectivity index (χ3n) is 2.75. The molecule has 2 unspecified atom stereocenters. The Labute approximate surface area is 105 Å². The van der Waals surface area contributed by atoms with Gasteiger partial charge in [-0.3, -0.25) is 0 Å². The second kappa shape index (κ2) is 6.86. The fourth-order valence-electron chi connectivity index (χ4n) is 1.71. The predicted molar refractivity (Wildman–Crippen MR) is 67.3 cm³/mol. The number of azide groups is 1. The summed E-state index contributed by atoms with van der Waals surface area (Å²) in [4.78, 5) is 2.60. The van der Waals surface area contributed by atoms with Crippen LogP contribution in [0.5, 0.6) is 5.75 Å². The van der Waals surface area contributed by atoms with Gasteiger partial charge in [0.15, 0.2) is 0 Å². The quantitative estimate of drug-likeness (QED) is 0.460. The summed E-state index contributed by atoms with van der Waals surface area (Å²) in [5.74, 6) is 0.701. The molecule has 0 fully saturated rings. The average molecular weight is 251 g/mol. The molecule has 0 aliphatic rings. The lowest BCUT2D eigenvalue weighted by molar-refractivity contribution is 0.0146. The van der Waals surface area contributed by atoms with E-state index in [-0.39, 0.29) is 13.0 Å². The summed E-state index contributed by atoms with van der Waals surface area (Å²) in [7, 11) is 1.57. The minimum absolute atomic E-state index is 0.157. The molecule has 1 aromatic carbocycles. The van der Waals surface area contributed by atoms with Crippen molar-refractivity contribution >= 4 is 0 Å². The fourth-order valence-corrected chi connectivity index (χ4v) is 1.71. The SMILES string of the molecule is COc1ccc(C(O)C(O)CCN=[N+]=[N-])c(C)c1. The van der Waals surface area contributed by atoms with E-state index in [1.807, 2.05) is 6.92 Å². The van der Waals surface area contributed by atoms with Crippen molar-refractivity contribution in [2.75, 3.05) is 13.7 Å². The first-order valence-corrected chi connectivity index (χ1v) is 5.61. The van der Waals surface area contributed by atoms with E-state index in [0.29, 0.717) is 11.3 Å². The Morgan fingerprint density at radius 1 is 1.44 bits per heavy atom. The molecule has 0 spiro atoms. The Bertz CT molecular complexity index is 444. The number of aliphatic hydroxyl groups excluding tert-OH is 2. The Morgan fingerprint density at radius 2 is 2.17 bits per heavy atom. The number of hydrogen-bond acceptors (Lipinski definition) is 4. The minimum Gasteiger partial charge on any atom is -0.497 e. The summed E-state index contributed by atoms with van der Waals surface area (Å²) in [5, 5.41) is 23.1. The van der Waals surface area contributed by atoms with Crippen molar-refractivity contribution in [2.24, 2.45) is 5.11 Å². The Balaban J connectivity index is 2.76. The Hall–Kier alpha value is -1.75. The molecule has 0 aromatic heterocycles. The molecule has 0 aliphatic carbocycles. The fraction of sp³-hybridized carbons (Fsp3) is 0.500. The molecule has 0 saturated carbocycles. The van der Waals surface area contributed by atoms with Crippen LogP contribution < -0.4 is 4.74 Å². The standard InChI is InChI=1S/C12H17N3O3/c1-8-7-9(18-2)3-4-10(8)12(17)11(16)5-6-14-15-13/h3-4,7,11-12,16-17H,5-6H2,1-2H3. The summed E-state index contributed by atoms with van der Waals surface area (Å²) >= 11 is 0. The minimum atomic E-state index is -0.996. The van der Waals surface area contributed by atoms with Crippen LogP contribution in [0.25, 0.3) is 10.4 Å². The van der Waals surface area contributed by atoms with Crippen LogP contribution in [-0.4, -0.2) is 30.0 Å². The Kier molecular flexibility index (Phi) is 5.45. The molecule has 18 heavy (non-hydrogen) atoms. The molecular formula is C12H17N3O3. The molecule has 1 aromatic rings. The van der Waals surface area contributed by atoms with Gasteiger partial charge in [0.2, 0.25) is 0 Å². The van der Waals surface area contributed by atoms with Crippen LogP contribution in [0.1, 0.15) is 23.7 Å². The number of aliphatic hydroxyl groups is 2. The molecule has 2 N–H and O–H groups in total. The van der Waals surface area contributed by atoms with Gasteiger partial charge in [-0.25, -0.2) is 0 Å². The normalized spacial score (nSPS) is 13.6. The third-order valence-corrected chi connectivity index (χ3v) is 2.75. The van der Waals surface area contributed by atoms with Crippen molar-refractivity contribution < 1.29 is 14.9 Å². The van der Waals surface area contributed by atoms with Gasteiger partial charge in [-0.05, 0) is 42.1 Å². The number of benzene rings is 1. The number of ether oxygens (including phenoxy) is 1. The first-order chi connectivity index (χ1) is 8.60. The van der Waals surface area contributed by atoms with E-state index >= 15 is 0 Å². The maximum absolute atomic E-state index is 10.0. The van der Waals surface area contributed by atoms with Crippen LogP contribution in [0.3, 0.4) is 0 Å². The van der Waals surface area contributed by atoms with Gasteiger partial charge in [0.1, 0.15) is 11.9 Å². The van der Waals surface area contributed by atoms with Crippen molar-refractivity contribution in [3.05, 3.63) is 39.8 Å². The van der Waals surface area contributed by atoms with Crippen LogP contribution in [-0.2, 0) is 0 Å². The number of aryl methyl sites for hydroxylation is 1. The van der Waals surface area contributed by atoms with E-state index < -0.39 is 12.2 Å². The van der Waals surface area contributed by atoms with Crippen LogP contribution in [0.2, 0.25) is 0 Å². The van der Waals surface area contributed by atoms with Gasteiger partial charge in [0, 0.05) is 11.5 Å². The van der Waals surface area contributed by atoms with E-state index in [0.717, 1.165) is 5.56 Å². The van der Waals surface area contributed by atoms with Gasteiger partial charge >= 0.3 is 0 Å². The summed E-state index contributed by atoms with van der Waals surface area (Å²) in [6.07, 6.45) is -1.73. The van der Waals surface area contributed by atoms with Crippen LogP contribution in [0.15, 0.2) is 23.3 Å². The highest BCUT2D eigenvalue weighted by Gasteiger charge is 2.19. The second-order valence-electron chi connectivity index (χ2n) is 3.98. The summed E-state index contributed by atoms with van der Waals surface area (Å²) in [5.41, 5.74) is 9.62. The van der Waals surface area contributed by atoms with Crippen LogP contribution in [0, 0.1) is 6.92 Å². The predicted octanol–water partition coefficient (Wildman–Crippen LogP) is 2.10. The zero-order valence-corrected chi connectivity index (χ0v) is 10.4. The lowest BCUT2D eigenvalue weighted by Gasteiger charge is -2.19. The molecule has 0 saturated heterocycles. The first kappa shape index (κ1) is 14.3. The van der Waals surface area contributed by atoms with Crippen molar-refractivity contribution in [2.45, 2.75) is 25.6 Å². The molecule has 0 radical (unpaired) electrons. The van der Waals surface area contributed by atoms with Crippen LogP contribution >= 0.6 is 0 Å². The molecule has 6 nitrogen and oxygen atoms in total. The second-order valence-corrected chi connectivity index (χ2v) is 3.98. The van der Waals surface area contributed by atoms with E-state index in [2.05, 4.69) is 10.0 Å². The number of nitrogens with zero attached hydrogens (tertiary/aromatic N) is 3. The zero-order valence-electron chi connectivity index (χ0n) is 10.4. The van der Waals surface area contributed by atoms with Gasteiger partial charge < -0.3 is 14.9 Å². The van der Waals surface area contributed by atoms with E-state index in [1.165, 1.54) is 0 Å². The maximum Gasteiger partial charge on any atom is 0.119 e. The van der Waals surface area contributed by atoms with E-state index in [1.54, 1.807) is 25.3 Å². The van der Waals surface area contributed by atoms with E-state index in [4.69, 9.17) is 10.3 Å². The average Bonchev–Trinajstić information content (AvgIpc) is 2.38. The first-order valence-electron chi connectivity index (χ1n) is 5.61. The Morgan fingerprint density at radius 3 is 2.72 bits per heavy atom. The van der Waals surface area contributed by atoms with Gasteiger partial charge in [0.25, 0.3) is 0 Å². The topological polar surface area (TPSA) is 98.5 Å². The monoisotopic (exact) mass is 251 g/mol. The van der Waals surface area contributed by atoms with Crippen LogP contribution in [0.4, 0.5) is 0 Å². The lowest BCUT2D eigenvalue weighted by Crippen LogP contribution is -2.20. The molecule has 98 valence electrons. The summed E-state index contributed by atoms with van der Waals surface area (Å²) < 4.78 is 5.07. The molecule has 0 heterocycles. The largest absolute Gasteiger partial charge is 0.497 e. The summed E-state index contributed by atoms with van der Waals surface area (Å²) in [6, 6.07) is 5.24.